The molecule has 2 heterocycles. The smallest absolute Gasteiger partial charge is 0.220 e. The summed E-state index contributed by atoms with van der Waals surface area (Å²) in [5.74, 6) is 0.419. The van der Waals surface area contributed by atoms with E-state index in [9.17, 15) is 9.59 Å². The first-order chi connectivity index (χ1) is 27.0. The lowest BCUT2D eigenvalue weighted by Gasteiger charge is -2.27. The molecule has 2 aliphatic heterocycles. The van der Waals surface area contributed by atoms with Crippen LogP contribution in [-0.2, 0) is 39.4 Å². The van der Waals surface area contributed by atoms with Crippen LogP contribution in [0.15, 0.2) is 84.6 Å². The monoisotopic (exact) mass is 771 g/mol. The molecule has 9 nitrogen and oxygen atoms in total. The van der Waals surface area contributed by atoms with Gasteiger partial charge in [-0.3, -0.25) is 9.59 Å². The van der Waals surface area contributed by atoms with E-state index in [4.69, 9.17) is 18.9 Å². The lowest BCUT2D eigenvalue weighted by Crippen LogP contribution is -2.28. The Labute approximate surface area is 336 Å². The number of ether oxygens (including phenoxy) is 4. The van der Waals surface area contributed by atoms with Crippen molar-refractivity contribution >= 4 is 28.8 Å². The Morgan fingerprint density at radius 1 is 0.750 bits per heavy atom. The number of anilines is 1. The first-order valence-electron chi connectivity index (χ1n) is 20.7. The molecule has 56 heavy (non-hydrogen) atoms. The molecular formula is C47H68N3O6+. The van der Waals surface area contributed by atoms with Crippen molar-refractivity contribution in [2.45, 2.75) is 90.9 Å². The largest absolute Gasteiger partial charge is 0.379 e. The molecule has 1 amide bonds. The average molecular weight is 771 g/mol. The van der Waals surface area contributed by atoms with Crippen LogP contribution in [0.5, 0.6) is 0 Å². The van der Waals surface area contributed by atoms with E-state index in [0.29, 0.717) is 72.2 Å². The molecule has 4 rings (SSSR count). The number of nitrogens with one attached hydrogen (secondary N) is 1. The molecule has 2 aromatic rings. The minimum Gasteiger partial charge on any atom is -0.379 e. The van der Waals surface area contributed by atoms with Crippen LogP contribution in [-0.4, -0.2) is 95.0 Å². The van der Waals surface area contributed by atoms with Crippen molar-refractivity contribution in [3.63, 3.8) is 0 Å². The zero-order valence-corrected chi connectivity index (χ0v) is 35.2. The summed E-state index contributed by atoms with van der Waals surface area (Å²) in [4.78, 5) is 26.7. The predicted octanol–water partition coefficient (Wildman–Crippen LogP) is 8.24. The Hall–Kier alpha value is -3.89. The molecule has 0 aliphatic carbocycles. The van der Waals surface area contributed by atoms with E-state index < -0.39 is 0 Å². The summed E-state index contributed by atoms with van der Waals surface area (Å²) in [5, 5.41) is 2.97. The van der Waals surface area contributed by atoms with Crippen LogP contribution in [0.1, 0.15) is 91.2 Å². The highest BCUT2D eigenvalue weighted by molar-refractivity contribution is 6.03. The fraction of sp³-hybridized carbons (Fsp3) is 0.553. The van der Waals surface area contributed by atoms with E-state index in [-0.39, 0.29) is 28.4 Å². The number of nitrogens with zero attached hydrogens (tertiary/aromatic N) is 2. The second-order valence-electron chi connectivity index (χ2n) is 15.8. The average Bonchev–Trinajstić information content (AvgIpc) is 3.52. The number of fused-ring (bicyclic) bond motifs is 2. The van der Waals surface area contributed by atoms with Crippen LogP contribution in [0.3, 0.4) is 0 Å². The second-order valence-corrected chi connectivity index (χ2v) is 15.8. The number of hydrogen-bond acceptors (Lipinski definition) is 7. The summed E-state index contributed by atoms with van der Waals surface area (Å²) in [6.07, 6.45) is 15.6. The maximum atomic E-state index is 12.5. The quantitative estimate of drug-likeness (QED) is 0.0586. The molecular weight excluding hydrogens is 703 g/mol. The van der Waals surface area contributed by atoms with Crippen LogP contribution in [0, 0.1) is 5.92 Å². The highest BCUT2D eigenvalue weighted by atomic mass is 16.6. The lowest BCUT2D eigenvalue weighted by molar-refractivity contribution is -0.401. The number of unbranched alkanes of at least 4 members (excludes halogenated alkanes) is 2. The van der Waals surface area contributed by atoms with Gasteiger partial charge in [0.25, 0.3) is 0 Å². The van der Waals surface area contributed by atoms with Crippen molar-refractivity contribution < 1.29 is 33.1 Å². The standard InChI is InChI=1S/C47H67N3O6/c1-8-37(2)42(51)26-29-53-31-33-55-35-36-56-34-32-54-30-27-48-45(52)25-13-10-18-28-50-41-22-17-15-20-39(41)47(5,6)44(50)24-12-9-11-23-43-46(3,4)38-19-14-16-21-40(38)49(43)7/h9,11-12,14-17,19-24,37H,8,10,13,18,25-36H2,1-7H3/p+1. The molecule has 1 unspecified atom stereocenters. The second kappa shape index (κ2) is 22.7. The predicted molar refractivity (Wildman–Crippen MR) is 227 cm³/mol. The highest BCUT2D eigenvalue weighted by Crippen LogP contribution is 2.47. The third-order valence-electron chi connectivity index (χ3n) is 11.1. The molecule has 0 saturated heterocycles. The normalized spacial score (nSPS) is 17.0. The van der Waals surface area contributed by atoms with Crippen molar-refractivity contribution in [1.82, 2.24) is 5.32 Å². The molecule has 0 radical (unpaired) electrons. The number of carbonyl (C=O) groups excluding carboxylic acids is 2. The molecule has 0 saturated carbocycles. The van der Waals surface area contributed by atoms with Gasteiger partial charge in [-0.05, 0) is 50.8 Å². The molecule has 0 fully saturated rings. The number of para-hydroxylation sites is 2. The molecule has 1 atom stereocenters. The molecule has 0 spiro atoms. The van der Waals surface area contributed by atoms with Crippen LogP contribution in [0.25, 0.3) is 0 Å². The third-order valence-corrected chi connectivity index (χ3v) is 11.1. The van der Waals surface area contributed by atoms with E-state index >= 15 is 0 Å². The fourth-order valence-electron chi connectivity index (χ4n) is 7.53. The Kier molecular flexibility index (Phi) is 18.2. The van der Waals surface area contributed by atoms with E-state index in [0.717, 1.165) is 32.2 Å². The number of benzene rings is 2. The van der Waals surface area contributed by atoms with E-state index in [2.05, 4.69) is 128 Å². The minimum atomic E-state index is -0.107. The number of carbonyl (C=O) groups is 2. The Morgan fingerprint density at radius 2 is 1.38 bits per heavy atom. The van der Waals surface area contributed by atoms with Gasteiger partial charge < -0.3 is 29.2 Å². The van der Waals surface area contributed by atoms with Gasteiger partial charge in [0.05, 0.1) is 58.3 Å². The molecule has 2 aromatic carbocycles. The number of hydrogen-bond donors (Lipinski definition) is 1. The minimum absolute atomic E-state index is 0.0435. The van der Waals surface area contributed by atoms with Gasteiger partial charge in [-0.2, -0.15) is 4.58 Å². The van der Waals surface area contributed by atoms with Gasteiger partial charge in [0.1, 0.15) is 12.8 Å². The summed E-state index contributed by atoms with van der Waals surface area (Å²) < 4.78 is 24.4. The van der Waals surface area contributed by atoms with E-state index in [1.807, 2.05) is 13.8 Å². The summed E-state index contributed by atoms with van der Waals surface area (Å²) in [5.41, 5.74) is 7.69. The molecule has 1 N–H and O–H groups in total. The zero-order valence-electron chi connectivity index (χ0n) is 35.2. The van der Waals surface area contributed by atoms with Crippen molar-refractivity contribution in [2.75, 3.05) is 77.9 Å². The number of rotatable bonds is 26. The molecule has 9 heteroatoms. The topological polar surface area (TPSA) is 89.3 Å². The molecule has 0 bridgehead atoms. The summed E-state index contributed by atoms with van der Waals surface area (Å²) in [6.45, 7) is 18.3. The van der Waals surface area contributed by atoms with Gasteiger partial charge in [0.15, 0.2) is 5.71 Å². The van der Waals surface area contributed by atoms with Gasteiger partial charge in [0, 0.05) is 66.4 Å². The van der Waals surface area contributed by atoms with Gasteiger partial charge in [-0.15, -0.1) is 0 Å². The van der Waals surface area contributed by atoms with Crippen molar-refractivity contribution in [1.29, 1.82) is 0 Å². The summed E-state index contributed by atoms with van der Waals surface area (Å²) in [7, 11) is 2.15. The Balaban J connectivity index is 1.08. The van der Waals surface area contributed by atoms with Gasteiger partial charge in [-0.1, -0.05) is 88.7 Å². The fourth-order valence-corrected chi connectivity index (χ4v) is 7.53. The van der Waals surface area contributed by atoms with Crippen LogP contribution in [0.4, 0.5) is 11.4 Å². The van der Waals surface area contributed by atoms with E-state index in [1.54, 1.807) is 0 Å². The Bertz CT molecular complexity index is 1690. The zero-order chi connectivity index (χ0) is 40.4. The summed E-state index contributed by atoms with van der Waals surface area (Å²) >= 11 is 0. The van der Waals surface area contributed by atoms with Crippen LogP contribution in [0.2, 0.25) is 0 Å². The molecule has 2 aliphatic rings. The highest BCUT2D eigenvalue weighted by Gasteiger charge is 2.42. The number of Topliss-reactive ketones (excluding diaryl/α,β-unsaturated/α-hetero) is 1. The maximum absolute atomic E-state index is 12.5. The maximum Gasteiger partial charge on any atom is 0.220 e. The SMILES string of the molecule is CCC(C)C(=O)CCOCCOCCOCCOCCNC(=O)CCCCCN1/C(=C/C=C/C=C/C2=[N+](C)c3ccccc3C2(C)C)C(C)(C)c2ccccc21. The number of amides is 1. The van der Waals surface area contributed by atoms with Crippen LogP contribution >= 0.6 is 0 Å². The van der Waals surface area contributed by atoms with Crippen molar-refractivity contribution in [3.05, 3.63) is 95.7 Å². The third kappa shape index (κ3) is 12.6. The van der Waals surface area contributed by atoms with Gasteiger partial charge in [0.2, 0.25) is 11.6 Å². The van der Waals surface area contributed by atoms with Crippen LogP contribution < -0.4 is 10.2 Å². The van der Waals surface area contributed by atoms with Gasteiger partial charge in [-0.25, -0.2) is 0 Å². The lowest BCUT2D eigenvalue weighted by atomic mass is 9.81. The Morgan fingerprint density at radius 3 is 2.05 bits per heavy atom. The number of ketones is 1. The van der Waals surface area contributed by atoms with Crippen molar-refractivity contribution in [2.24, 2.45) is 5.92 Å². The van der Waals surface area contributed by atoms with Gasteiger partial charge >= 0.3 is 0 Å². The molecule has 0 aromatic heterocycles. The first-order valence-corrected chi connectivity index (χ1v) is 20.7. The van der Waals surface area contributed by atoms with Crippen molar-refractivity contribution in [3.8, 4) is 0 Å². The summed E-state index contributed by atoms with van der Waals surface area (Å²) in [6, 6.07) is 17.4. The number of allylic oxidation sites excluding steroid dienone is 6. The molecule has 306 valence electrons. The first kappa shape index (κ1) is 44.8. The van der Waals surface area contributed by atoms with E-state index in [1.165, 1.54) is 33.9 Å².